The van der Waals surface area contributed by atoms with Crippen LogP contribution in [0.3, 0.4) is 0 Å². The number of nitrogens with one attached hydrogen (secondary N) is 1. The molecular formula is C11H21N3O2. The second-order valence-electron chi connectivity index (χ2n) is 3.40. The summed E-state index contributed by atoms with van der Waals surface area (Å²) >= 11 is 0. The zero-order valence-electron chi connectivity index (χ0n) is 10.3. The first-order chi connectivity index (χ1) is 7.69. The number of carbonyl (C=O) groups excluding carboxylic acids is 1. The van der Waals surface area contributed by atoms with Crippen molar-refractivity contribution in [2.45, 2.75) is 26.3 Å². The van der Waals surface area contributed by atoms with Gasteiger partial charge in [-0.25, -0.2) is 0 Å². The molecule has 0 aliphatic heterocycles. The minimum absolute atomic E-state index is 0.0152. The molecule has 0 heterocycles. The number of hydrogen-bond acceptors (Lipinski definition) is 4. The number of hydrogen-bond donors (Lipinski definition) is 1. The molecule has 16 heavy (non-hydrogen) atoms. The Hall–Kier alpha value is -1.12. The highest BCUT2D eigenvalue weighted by Gasteiger charge is 2.16. The fourth-order valence-corrected chi connectivity index (χ4v) is 1.38. The highest BCUT2D eigenvalue weighted by molar-refractivity contribution is 5.77. The van der Waals surface area contributed by atoms with Crippen LogP contribution in [0.1, 0.15) is 20.3 Å². The summed E-state index contributed by atoms with van der Waals surface area (Å²) in [7, 11) is 1.60. The molecule has 0 radical (unpaired) electrons. The molecule has 0 aromatic rings. The van der Waals surface area contributed by atoms with Crippen LogP contribution in [0.5, 0.6) is 0 Å². The molecule has 0 spiro atoms. The first kappa shape index (κ1) is 14.9. The average Bonchev–Trinajstić information content (AvgIpc) is 2.29. The first-order valence-corrected chi connectivity index (χ1v) is 5.59. The Morgan fingerprint density at radius 2 is 2.12 bits per heavy atom. The number of nitrogens with zero attached hydrogens (tertiary/aromatic N) is 2. The molecule has 1 atom stereocenters. The maximum absolute atomic E-state index is 11.7. The van der Waals surface area contributed by atoms with Crippen molar-refractivity contribution in [1.82, 2.24) is 10.2 Å². The van der Waals surface area contributed by atoms with Gasteiger partial charge in [-0.1, -0.05) is 0 Å². The SMILES string of the molecule is CCN(CC)C(=O)CC(C#N)NCCOC. The van der Waals surface area contributed by atoms with Gasteiger partial charge in [0.05, 0.1) is 19.1 Å². The second-order valence-corrected chi connectivity index (χ2v) is 3.40. The molecule has 92 valence electrons. The molecular weight excluding hydrogens is 206 g/mol. The zero-order valence-corrected chi connectivity index (χ0v) is 10.3. The summed E-state index contributed by atoms with van der Waals surface area (Å²) in [5.41, 5.74) is 0. The lowest BCUT2D eigenvalue weighted by atomic mass is 10.2. The van der Waals surface area contributed by atoms with Crippen molar-refractivity contribution in [1.29, 1.82) is 5.26 Å². The molecule has 0 aromatic carbocycles. The van der Waals surface area contributed by atoms with Gasteiger partial charge in [-0.05, 0) is 13.8 Å². The lowest BCUT2D eigenvalue weighted by Gasteiger charge is -2.20. The summed E-state index contributed by atoms with van der Waals surface area (Å²) in [6, 6.07) is 1.65. The topological polar surface area (TPSA) is 65.4 Å². The van der Waals surface area contributed by atoms with Crippen molar-refractivity contribution in [3.63, 3.8) is 0 Å². The highest BCUT2D eigenvalue weighted by Crippen LogP contribution is 1.98. The fraction of sp³-hybridized carbons (Fsp3) is 0.818. The minimum Gasteiger partial charge on any atom is -0.383 e. The van der Waals surface area contributed by atoms with E-state index in [-0.39, 0.29) is 12.3 Å². The van der Waals surface area contributed by atoms with Gasteiger partial charge in [0, 0.05) is 26.7 Å². The van der Waals surface area contributed by atoms with Crippen molar-refractivity contribution < 1.29 is 9.53 Å². The van der Waals surface area contributed by atoms with Gasteiger partial charge >= 0.3 is 0 Å². The Labute approximate surface area is 97.4 Å². The number of carbonyl (C=O) groups is 1. The number of nitriles is 1. The van der Waals surface area contributed by atoms with E-state index in [0.717, 1.165) is 0 Å². The van der Waals surface area contributed by atoms with Crippen molar-refractivity contribution >= 4 is 5.91 Å². The lowest BCUT2D eigenvalue weighted by Crippen LogP contribution is -2.38. The van der Waals surface area contributed by atoms with E-state index >= 15 is 0 Å². The molecule has 0 bridgehead atoms. The van der Waals surface area contributed by atoms with E-state index in [1.54, 1.807) is 12.0 Å². The number of rotatable bonds is 8. The van der Waals surface area contributed by atoms with Gasteiger partial charge in [0.25, 0.3) is 0 Å². The molecule has 0 aliphatic carbocycles. The molecule has 0 fully saturated rings. The molecule has 0 aliphatic rings. The summed E-state index contributed by atoms with van der Waals surface area (Å²) in [5.74, 6) is 0.0152. The van der Waals surface area contributed by atoms with Gasteiger partial charge in [0.1, 0.15) is 6.04 Å². The Bertz CT molecular complexity index is 234. The van der Waals surface area contributed by atoms with Gasteiger partial charge in [-0.2, -0.15) is 5.26 Å². The number of amides is 1. The van der Waals surface area contributed by atoms with Crippen LogP contribution in [-0.4, -0.2) is 50.2 Å². The summed E-state index contributed by atoms with van der Waals surface area (Å²) in [5, 5.41) is 11.8. The minimum atomic E-state index is -0.428. The number of ether oxygens (including phenoxy) is 1. The standard InChI is InChI=1S/C11H21N3O2/c1-4-14(5-2)11(15)8-10(9-12)13-6-7-16-3/h10,13H,4-8H2,1-3H3. The normalized spacial score (nSPS) is 11.9. The van der Waals surface area contributed by atoms with Gasteiger partial charge in [0.15, 0.2) is 0 Å². The van der Waals surface area contributed by atoms with Crippen LogP contribution in [0.15, 0.2) is 0 Å². The van der Waals surface area contributed by atoms with Crippen LogP contribution < -0.4 is 5.32 Å². The van der Waals surface area contributed by atoms with Gasteiger partial charge < -0.3 is 9.64 Å². The van der Waals surface area contributed by atoms with E-state index in [2.05, 4.69) is 11.4 Å². The lowest BCUT2D eigenvalue weighted by molar-refractivity contribution is -0.131. The van der Waals surface area contributed by atoms with Crippen LogP contribution in [0, 0.1) is 11.3 Å². The van der Waals surface area contributed by atoms with Gasteiger partial charge in [-0.3, -0.25) is 10.1 Å². The largest absolute Gasteiger partial charge is 0.383 e. The Balaban J connectivity index is 4.01. The number of methoxy groups -OCH3 is 1. The van der Waals surface area contributed by atoms with E-state index < -0.39 is 6.04 Å². The van der Waals surface area contributed by atoms with E-state index in [9.17, 15) is 4.79 Å². The van der Waals surface area contributed by atoms with Crippen molar-refractivity contribution in [2.75, 3.05) is 33.4 Å². The Morgan fingerprint density at radius 1 is 1.50 bits per heavy atom. The quantitative estimate of drug-likeness (QED) is 0.609. The summed E-state index contributed by atoms with van der Waals surface area (Å²) in [6.45, 7) is 6.36. The van der Waals surface area contributed by atoms with E-state index in [4.69, 9.17) is 10.00 Å². The van der Waals surface area contributed by atoms with Crippen LogP contribution in [-0.2, 0) is 9.53 Å². The molecule has 0 aromatic heterocycles. The van der Waals surface area contributed by atoms with E-state index in [1.807, 2.05) is 13.8 Å². The average molecular weight is 227 g/mol. The third kappa shape index (κ3) is 5.69. The maximum Gasteiger partial charge on any atom is 0.225 e. The Morgan fingerprint density at radius 3 is 2.56 bits per heavy atom. The van der Waals surface area contributed by atoms with Crippen molar-refractivity contribution in [2.24, 2.45) is 0 Å². The second kappa shape index (κ2) is 9.13. The molecule has 0 rings (SSSR count). The third-order valence-corrected chi connectivity index (χ3v) is 2.35. The molecule has 1 N–H and O–H groups in total. The summed E-state index contributed by atoms with van der Waals surface area (Å²) < 4.78 is 4.86. The van der Waals surface area contributed by atoms with Crippen molar-refractivity contribution in [3.8, 4) is 6.07 Å². The molecule has 0 saturated heterocycles. The van der Waals surface area contributed by atoms with E-state index in [0.29, 0.717) is 26.2 Å². The monoisotopic (exact) mass is 227 g/mol. The van der Waals surface area contributed by atoms with Crippen LogP contribution in [0.2, 0.25) is 0 Å². The zero-order chi connectivity index (χ0) is 12.4. The molecule has 0 saturated carbocycles. The fourth-order valence-electron chi connectivity index (χ4n) is 1.38. The van der Waals surface area contributed by atoms with Crippen LogP contribution >= 0.6 is 0 Å². The molecule has 1 unspecified atom stereocenters. The smallest absolute Gasteiger partial charge is 0.225 e. The van der Waals surface area contributed by atoms with Gasteiger partial charge in [-0.15, -0.1) is 0 Å². The molecule has 5 nitrogen and oxygen atoms in total. The predicted molar refractivity (Wildman–Crippen MR) is 61.8 cm³/mol. The maximum atomic E-state index is 11.7. The van der Waals surface area contributed by atoms with E-state index in [1.165, 1.54) is 0 Å². The van der Waals surface area contributed by atoms with Crippen LogP contribution in [0.25, 0.3) is 0 Å². The van der Waals surface area contributed by atoms with Crippen molar-refractivity contribution in [3.05, 3.63) is 0 Å². The van der Waals surface area contributed by atoms with Gasteiger partial charge in [0.2, 0.25) is 5.91 Å². The van der Waals surface area contributed by atoms with Crippen LogP contribution in [0.4, 0.5) is 0 Å². The summed E-state index contributed by atoms with van der Waals surface area (Å²) in [4.78, 5) is 13.4. The first-order valence-electron chi connectivity index (χ1n) is 5.59. The highest BCUT2D eigenvalue weighted by atomic mass is 16.5. The Kier molecular flexibility index (Phi) is 8.49. The summed E-state index contributed by atoms with van der Waals surface area (Å²) in [6.07, 6.45) is 0.224. The molecule has 5 heteroatoms. The third-order valence-electron chi connectivity index (χ3n) is 2.35. The molecule has 1 amide bonds. The predicted octanol–water partition coefficient (Wildman–Crippen LogP) is 0.373.